The third-order valence-corrected chi connectivity index (χ3v) is 7.53. The highest BCUT2D eigenvalue weighted by molar-refractivity contribution is 5.93. The molecule has 41 heavy (non-hydrogen) atoms. The average molecular weight is 558 g/mol. The van der Waals surface area contributed by atoms with Gasteiger partial charge in [-0.2, -0.15) is 0 Å². The molecule has 5 N–H and O–H groups in total. The van der Waals surface area contributed by atoms with Gasteiger partial charge < -0.3 is 39.3 Å². The number of aromatic nitrogens is 1. The molecule has 5 aromatic rings. The zero-order valence-corrected chi connectivity index (χ0v) is 21.5. The Labute approximate surface area is 230 Å². The Morgan fingerprint density at radius 1 is 0.976 bits per heavy atom. The molecule has 0 amide bonds. The lowest BCUT2D eigenvalue weighted by Crippen LogP contribution is -2.26. The van der Waals surface area contributed by atoms with Crippen LogP contribution in [0.25, 0.3) is 33.2 Å². The first-order valence-electron chi connectivity index (χ1n) is 12.6. The Morgan fingerprint density at radius 3 is 2.49 bits per heavy atom. The summed E-state index contributed by atoms with van der Waals surface area (Å²) >= 11 is 0. The van der Waals surface area contributed by atoms with Crippen LogP contribution in [0, 0.1) is 0 Å². The average Bonchev–Trinajstić information content (AvgIpc) is 3.39. The maximum Gasteiger partial charge on any atom is 0.306 e. The van der Waals surface area contributed by atoms with E-state index in [2.05, 4.69) is 0 Å². The Hall–Kier alpha value is -5.45. The molecule has 11 heteroatoms. The van der Waals surface area contributed by atoms with Gasteiger partial charge in [-0.05, 0) is 41.6 Å². The van der Waals surface area contributed by atoms with Crippen LogP contribution in [0.3, 0.4) is 0 Å². The van der Waals surface area contributed by atoms with E-state index in [1.54, 1.807) is 10.6 Å². The van der Waals surface area contributed by atoms with E-state index in [0.29, 0.717) is 13.0 Å². The van der Waals surface area contributed by atoms with E-state index in [1.807, 2.05) is 18.2 Å². The number of esters is 1. The third-order valence-electron chi connectivity index (χ3n) is 7.53. The lowest BCUT2D eigenvalue weighted by Gasteiger charge is -2.21. The second-order valence-corrected chi connectivity index (χ2v) is 9.84. The van der Waals surface area contributed by atoms with Gasteiger partial charge in [0, 0.05) is 35.2 Å². The van der Waals surface area contributed by atoms with Gasteiger partial charge in [0.15, 0.2) is 17.3 Å². The maximum absolute atomic E-state index is 13.8. The van der Waals surface area contributed by atoms with E-state index in [1.165, 1.54) is 13.2 Å². The molecule has 0 saturated heterocycles. The number of phenolic OH excluding ortho intramolecular Hbond substituents is 4. The number of aryl methyl sites for hydroxylation is 2. The van der Waals surface area contributed by atoms with E-state index in [-0.39, 0.29) is 16.7 Å². The van der Waals surface area contributed by atoms with Crippen molar-refractivity contribution in [3.8, 4) is 40.1 Å². The minimum absolute atomic E-state index is 0.0124. The monoisotopic (exact) mass is 557 g/mol. The number of ether oxygens (including phenoxy) is 1. The summed E-state index contributed by atoms with van der Waals surface area (Å²) in [5.41, 5.74) is -0.171. The summed E-state index contributed by atoms with van der Waals surface area (Å²) in [7, 11) is 1.17. The van der Waals surface area contributed by atoms with Crippen molar-refractivity contribution in [3.63, 3.8) is 0 Å². The van der Waals surface area contributed by atoms with Crippen LogP contribution >= 0.6 is 0 Å². The van der Waals surface area contributed by atoms with Crippen LogP contribution in [0.1, 0.15) is 29.0 Å². The molecule has 1 aliphatic heterocycles. The Balaban J connectivity index is 1.70. The number of aromatic hydroxyl groups is 5. The fraction of sp³-hybridized carbons (Fsp3) is 0.167. The number of pyridine rings is 1. The van der Waals surface area contributed by atoms with Crippen molar-refractivity contribution in [2.75, 3.05) is 7.11 Å². The number of rotatable bonds is 5. The molecule has 208 valence electrons. The van der Waals surface area contributed by atoms with E-state index in [9.17, 15) is 39.9 Å². The van der Waals surface area contributed by atoms with E-state index < -0.39 is 74.8 Å². The highest BCUT2D eigenvalue weighted by Gasteiger charge is 2.32. The molecule has 3 heterocycles. The third kappa shape index (κ3) is 3.93. The van der Waals surface area contributed by atoms with Crippen molar-refractivity contribution in [3.05, 3.63) is 85.8 Å². The molecule has 0 radical (unpaired) electrons. The number of benzene rings is 3. The number of nitrogens with zero attached hydrogens (tertiary/aromatic N) is 1. The van der Waals surface area contributed by atoms with Gasteiger partial charge in [-0.25, -0.2) is 0 Å². The Morgan fingerprint density at radius 2 is 1.76 bits per heavy atom. The largest absolute Gasteiger partial charge is 0.507 e. The Bertz CT molecular complexity index is 2040. The lowest BCUT2D eigenvalue weighted by atomic mass is 9.86. The Kier molecular flexibility index (Phi) is 5.88. The predicted molar refractivity (Wildman–Crippen MR) is 147 cm³/mol. The fourth-order valence-electron chi connectivity index (χ4n) is 5.60. The van der Waals surface area contributed by atoms with Gasteiger partial charge >= 0.3 is 5.97 Å². The minimum Gasteiger partial charge on any atom is -0.507 e. The van der Waals surface area contributed by atoms with Crippen molar-refractivity contribution >= 4 is 27.8 Å². The molecule has 0 bridgehead atoms. The zero-order valence-electron chi connectivity index (χ0n) is 21.5. The van der Waals surface area contributed by atoms with E-state index in [0.717, 1.165) is 34.7 Å². The zero-order chi connectivity index (χ0) is 29.2. The van der Waals surface area contributed by atoms with Crippen LogP contribution < -0.4 is 11.0 Å². The second-order valence-electron chi connectivity index (χ2n) is 9.84. The number of hydrogen-bond acceptors (Lipinski definition) is 10. The van der Waals surface area contributed by atoms with Crippen LogP contribution in [0.2, 0.25) is 0 Å². The molecular weight excluding hydrogens is 534 g/mol. The summed E-state index contributed by atoms with van der Waals surface area (Å²) in [4.78, 5) is 39.8. The van der Waals surface area contributed by atoms with Gasteiger partial charge in [0.25, 0.3) is 5.56 Å². The standard InChI is InChI=1S/C30H23NO10/c1-40-22(36)11-16(17-9-14-4-2-3-13-7-8-31(25(13)14)30(17)39)23-20(34)12-21(35)24-26(37)27(38)28(41-29(23)24)15-5-6-18(32)19(33)10-15/h2-6,9-10,12,16,32-35,38H,7-8,11H2,1H3/t16-/m1/s1. The van der Waals surface area contributed by atoms with Crippen LogP contribution in [-0.2, 0) is 22.5 Å². The molecule has 1 atom stereocenters. The summed E-state index contributed by atoms with van der Waals surface area (Å²) in [5, 5.41) is 52.4. The summed E-state index contributed by atoms with van der Waals surface area (Å²) in [5.74, 6) is -5.59. The topological polar surface area (TPSA) is 180 Å². The van der Waals surface area contributed by atoms with Crippen molar-refractivity contribution in [1.82, 2.24) is 4.57 Å². The molecule has 11 nitrogen and oxygen atoms in total. The molecule has 6 rings (SSSR count). The number of fused-ring (bicyclic) bond motifs is 1. The van der Waals surface area contributed by atoms with Crippen molar-refractivity contribution in [2.45, 2.75) is 25.3 Å². The van der Waals surface area contributed by atoms with Crippen molar-refractivity contribution in [2.24, 2.45) is 0 Å². The summed E-state index contributed by atoms with van der Waals surface area (Å²) < 4.78 is 12.4. The van der Waals surface area contributed by atoms with Gasteiger partial charge in [-0.15, -0.1) is 0 Å². The van der Waals surface area contributed by atoms with Crippen LogP contribution in [0.4, 0.5) is 0 Å². The number of phenols is 4. The molecule has 0 fully saturated rings. The quantitative estimate of drug-likeness (QED) is 0.158. The number of hydrogen-bond donors (Lipinski definition) is 5. The summed E-state index contributed by atoms with van der Waals surface area (Å²) in [6.45, 7) is 0.410. The minimum atomic E-state index is -1.20. The predicted octanol–water partition coefficient (Wildman–Crippen LogP) is 3.55. The normalized spacial score (nSPS) is 13.1. The summed E-state index contributed by atoms with van der Waals surface area (Å²) in [6, 6.07) is 11.5. The first-order chi connectivity index (χ1) is 19.6. The number of para-hydroxylation sites is 1. The molecule has 2 aromatic heterocycles. The maximum atomic E-state index is 13.8. The van der Waals surface area contributed by atoms with Crippen LogP contribution in [0.5, 0.6) is 28.7 Å². The fourth-order valence-corrected chi connectivity index (χ4v) is 5.60. The smallest absolute Gasteiger partial charge is 0.306 e. The lowest BCUT2D eigenvalue weighted by molar-refractivity contribution is -0.140. The van der Waals surface area contributed by atoms with Gasteiger partial charge in [0.1, 0.15) is 22.5 Å². The van der Waals surface area contributed by atoms with Gasteiger partial charge in [0.2, 0.25) is 11.2 Å². The molecular formula is C30H23NO10. The number of carbonyl (C=O) groups is 1. The van der Waals surface area contributed by atoms with Gasteiger partial charge in [-0.3, -0.25) is 14.4 Å². The highest BCUT2D eigenvalue weighted by atomic mass is 16.5. The van der Waals surface area contributed by atoms with E-state index in [4.69, 9.17) is 9.15 Å². The van der Waals surface area contributed by atoms with Crippen molar-refractivity contribution in [1.29, 1.82) is 0 Å². The molecule has 1 aliphatic rings. The van der Waals surface area contributed by atoms with Crippen LogP contribution in [0.15, 0.2) is 62.5 Å². The first-order valence-corrected chi connectivity index (χ1v) is 12.6. The highest BCUT2D eigenvalue weighted by Crippen LogP contribution is 2.45. The molecule has 0 unspecified atom stereocenters. The first kappa shape index (κ1) is 25.8. The molecule has 0 spiro atoms. The van der Waals surface area contributed by atoms with Crippen LogP contribution in [-0.4, -0.2) is 43.2 Å². The number of carbonyl (C=O) groups excluding carboxylic acids is 1. The van der Waals surface area contributed by atoms with Gasteiger partial charge in [-0.1, -0.05) is 18.2 Å². The molecule has 0 aliphatic carbocycles. The summed E-state index contributed by atoms with van der Waals surface area (Å²) in [6.07, 6.45) is 0.201. The molecule has 0 saturated carbocycles. The van der Waals surface area contributed by atoms with Gasteiger partial charge in [0.05, 0.1) is 19.0 Å². The van der Waals surface area contributed by atoms with E-state index >= 15 is 0 Å². The SMILES string of the molecule is COC(=O)C[C@H](c1cc2cccc3c2n(c1=O)CC3)c1c(O)cc(O)c2c(=O)c(O)c(-c3ccc(O)c(O)c3)oc12. The van der Waals surface area contributed by atoms with Crippen molar-refractivity contribution < 1.29 is 39.5 Å². The number of methoxy groups -OCH3 is 1. The second kappa shape index (κ2) is 9.33. The molecule has 3 aromatic carbocycles.